The second kappa shape index (κ2) is 10.8. The van der Waals surface area contributed by atoms with E-state index in [9.17, 15) is 19.5 Å². The maximum absolute atomic E-state index is 13.0. The molecule has 3 aromatic rings. The van der Waals surface area contributed by atoms with Gasteiger partial charge in [0.25, 0.3) is 0 Å². The van der Waals surface area contributed by atoms with Gasteiger partial charge in [0.05, 0.1) is 12.5 Å². The van der Waals surface area contributed by atoms with Gasteiger partial charge in [-0.15, -0.1) is 0 Å². The topological polar surface area (TPSA) is 88.4 Å². The van der Waals surface area contributed by atoms with Crippen molar-refractivity contribution in [2.24, 2.45) is 5.92 Å². The number of amides is 1. The number of nitrogens with zero attached hydrogens (tertiary/aromatic N) is 1. The Morgan fingerprint density at radius 3 is 2.00 bits per heavy atom. The summed E-state index contributed by atoms with van der Waals surface area (Å²) in [6, 6.07) is 18.4. The van der Waals surface area contributed by atoms with E-state index >= 15 is 0 Å². The van der Waals surface area contributed by atoms with Crippen LogP contribution < -0.4 is 5.32 Å². The van der Waals surface area contributed by atoms with Crippen LogP contribution >= 0.6 is 0 Å². The highest BCUT2D eigenvalue weighted by Crippen LogP contribution is 2.26. The summed E-state index contributed by atoms with van der Waals surface area (Å²) in [6.45, 7) is 5.38. The third-order valence-electron chi connectivity index (χ3n) is 5.58. The van der Waals surface area contributed by atoms with Crippen molar-refractivity contribution < 1.29 is 19.5 Å². The molecule has 2 unspecified atom stereocenters. The van der Waals surface area contributed by atoms with E-state index < -0.39 is 24.0 Å². The van der Waals surface area contributed by atoms with Crippen molar-refractivity contribution in [2.45, 2.75) is 45.7 Å². The lowest BCUT2D eigenvalue weighted by atomic mass is 10.0. The Morgan fingerprint density at radius 1 is 0.879 bits per heavy atom. The van der Waals surface area contributed by atoms with E-state index in [1.807, 2.05) is 74.5 Å². The van der Waals surface area contributed by atoms with Crippen LogP contribution in [0.15, 0.2) is 73.1 Å². The van der Waals surface area contributed by atoms with E-state index in [1.54, 1.807) is 17.0 Å². The van der Waals surface area contributed by atoms with Gasteiger partial charge in [0.15, 0.2) is 5.78 Å². The second-order valence-corrected chi connectivity index (χ2v) is 8.71. The van der Waals surface area contributed by atoms with Crippen molar-refractivity contribution in [1.29, 1.82) is 0 Å². The molecule has 172 valence electrons. The van der Waals surface area contributed by atoms with Crippen LogP contribution in [-0.4, -0.2) is 33.4 Å². The number of carboxylic acids is 1. The minimum Gasteiger partial charge on any atom is -0.481 e. The number of carbonyl (C=O) groups excluding carboxylic acids is 2. The zero-order valence-electron chi connectivity index (χ0n) is 19.2. The van der Waals surface area contributed by atoms with Gasteiger partial charge in [0.2, 0.25) is 5.91 Å². The molecule has 0 aliphatic heterocycles. The molecule has 1 heterocycles. The minimum atomic E-state index is -1.08. The van der Waals surface area contributed by atoms with Gasteiger partial charge in [-0.1, -0.05) is 68.4 Å². The molecule has 6 nitrogen and oxygen atoms in total. The van der Waals surface area contributed by atoms with E-state index in [-0.39, 0.29) is 18.1 Å². The van der Waals surface area contributed by atoms with Gasteiger partial charge in [-0.3, -0.25) is 14.4 Å². The van der Waals surface area contributed by atoms with Crippen LogP contribution in [0.25, 0.3) is 22.3 Å². The first-order valence-electron chi connectivity index (χ1n) is 11.1. The predicted molar refractivity (Wildman–Crippen MR) is 129 cm³/mol. The molecule has 2 atom stereocenters. The highest BCUT2D eigenvalue weighted by molar-refractivity contribution is 5.90. The van der Waals surface area contributed by atoms with Crippen LogP contribution in [0.5, 0.6) is 0 Å². The SMILES string of the molecule is CC(=O)C(CC(C)C)NC(=O)C(CC(=O)O)n1ccc(-c2ccc(-c3ccccc3)cc2)c1. The Kier molecular flexibility index (Phi) is 7.83. The van der Waals surface area contributed by atoms with Gasteiger partial charge in [0, 0.05) is 12.4 Å². The number of carboxylic acid groups (broad SMARTS) is 1. The number of hydrogen-bond acceptors (Lipinski definition) is 3. The highest BCUT2D eigenvalue weighted by Gasteiger charge is 2.27. The fraction of sp³-hybridized carbons (Fsp3) is 0.296. The molecule has 33 heavy (non-hydrogen) atoms. The van der Waals surface area contributed by atoms with E-state index in [0.717, 1.165) is 22.3 Å². The summed E-state index contributed by atoms with van der Waals surface area (Å²) < 4.78 is 1.61. The Bertz CT molecular complexity index is 1100. The lowest BCUT2D eigenvalue weighted by molar-refractivity contribution is -0.141. The number of benzene rings is 2. The monoisotopic (exact) mass is 446 g/mol. The van der Waals surface area contributed by atoms with Gasteiger partial charge in [-0.05, 0) is 47.6 Å². The lowest BCUT2D eigenvalue weighted by Gasteiger charge is -2.22. The van der Waals surface area contributed by atoms with Crippen molar-refractivity contribution in [3.05, 3.63) is 73.1 Å². The summed E-state index contributed by atoms with van der Waals surface area (Å²) in [5, 5.41) is 12.1. The summed E-state index contributed by atoms with van der Waals surface area (Å²) >= 11 is 0. The van der Waals surface area contributed by atoms with E-state index in [4.69, 9.17) is 0 Å². The maximum atomic E-state index is 13.0. The van der Waals surface area contributed by atoms with E-state index in [0.29, 0.717) is 6.42 Å². The molecule has 3 rings (SSSR count). The van der Waals surface area contributed by atoms with E-state index in [2.05, 4.69) is 5.32 Å². The third-order valence-corrected chi connectivity index (χ3v) is 5.58. The quantitative estimate of drug-likeness (QED) is 0.461. The Labute approximate surface area is 194 Å². The van der Waals surface area contributed by atoms with Crippen molar-refractivity contribution in [1.82, 2.24) is 9.88 Å². The number of ketones is 1. The van der Waals surface area contributed by atoms with Gasteiger partial charge in [-0.25, -0.2) is 0 Å². The van der Waals surface area contributed by atoms with Gasteiger partial charge < -0.3 is 15.0 Å². The van der Waals surface area contributed by atoms with Crippen LogP contribution in [0, 0.1) is 5.92 Å². The predicted octanol–water partition coefficient (Wildman–Crippen LogP) is 4.96. The molecule has 0 bridgehead atoms. The fourth-order valence-electron chi connectivity index (χ4n) is 3.83. The number of aliphatic carboxylic acids is 1. The highest BCUT2D eigenvalue weighted by atomic mass is 16.4. The number of Topliss-reactive ketones (excluding diaryl/α,β-unsaturated/α-hetero) is 1. The average molecular weight is 447 g/mol. The molecule has 2 aromatic carbocycles. The maximum Gasteiger partial charge on any atom is 0.306 e. The first-order chi connectivity index (χ1) is 15.7. The first kappa shape index (κ1) is 24.0. The number of rotatable bonds is 10. The normalized spacial score (nSPS) is 12.8. The van der Waals surface area contributed by atoms with Crippen LogP contribution in [0.2, 0.25) is 0 Å². The smallest absolute Gasteiger partial charge is 0.306 e. The van der Waals surface area contributed by atoms with Crippen molar-refractivity contribution >= 4 is 17.7 Å². The molecule has 2 N–H and O–H groups in total. The molecule has 0 saturated heterocycles. The van der Waals surface area contributed by atoms with E-state index in [1.165, 1.54) is 6.92 Å². The minimum absolute atomic E-state index is 0.141. The van der Waals surface area contributed by atoms with Crippen LogP contribution in [0.3, 0.4) is 0 Å². The molecule has 6 heteroatoms. The van der Waals surface area contributed by atoms with Crippen molar-refractivity contribution in [2.75, 3.05) is 0 Å². The zero-order valence-corrected chi connectivity index (χ0v) is 19.2. The molecule has 1 amide bonds. The summed E-state index contributed by atoms with van der Waals surface area (Å²) in [5.41, 5.74) is 4.07. The van der Waals surface area contributed by atoms with Gasteiger partial charge in [0.1, 0.15) is 6.04 Å². The van der Waals surface area contributed by atoms with Gasteiger partial charge >= 0.3 is 5.97 Å². The number of carbonyl (C=O) groups is 3. The van der Waals surface area contributed by atoms with Crippen molar-refractivity contribution in [3.63, 3.8) is 0 Å². The van der Waals surface area contributed by atoms with Crippen molar-refractivity contribution in [3.8, 4) is 22.3 Å². The third kappa shape index (κ3) is 6.42. The number of hydrogen-bond donors (Lipinski definition) is 2. The van der Waals surface area contributed by atoms with Crippen LogP contribution in [0.1, 0.15) is 39.7 Å². The number of aromatic nitrogens is 1. The summed E-state index contributed by atoms with van der Waals surface area (Å²) in [7, 11) is 0. The molecule has 0 aliphatic rings. The lowest BCUT2D eigenvalue weighted by Crippen LogP contribution is -2.44. The molecule has 0 fully saturated rings. The Balaban J connectivity index is 1.81. The average Bonchev–Trinajstić information content (AvgIpc) is 3.27. The number of nitrogens with one attached hydrogen (secondary N) is 1. The Hall–Kier alpha value is -3.67. The van der Waals surface area contributed by atoms with Crippen LogP contribution in [-0.2, 0) is 14.4 Å². The zero-order chi connectivity index (χ0) is 24.0. The first-order valence-corrected chi connectivity index (χ1v) is 11.1. The standard InChI is InChI=1S/C27H30N2O4/c1-18(2)15-24(19(3)30)28-27(33)25(16-26(31)32)29-14-13-23(17-29)22-11-9-21(10-12-22)20-7-5-4-6-8-20/h4-14,17-18,24-25H,15-16H2,1-3H3,(H,28,33)(H,31,32). The Morgan fingerprint density at radius 2 is 1.45 bits per heavy atom. The largest absolute Gasteiger partial charge is 0.481 e. The molecule has 0 saturated carbocycles. The molecular weight excluding hydrogens is 416 g/mol. The molecular formula is C27H30N2O4. The van der Waals surface area contributed by atoms with Crippen LogP contribution in [0.4, 0.5) is 0 Å². The summed E-state index contributed by atoms with van der Waals surface area (Å²) in [5.74, 6) is -1.48. The van der Waals surface area contributed by atoms with Gasteiger partial charge in [-0.2, -0.15) is 0 Å². The molecule has 0 spiro atoms. The fourth-order valence-corrected chi connectivity index (χ4v) is 3.83. The molecule has 0 aliphatic carbocycles. The summed E-state index contributed by atoms with van der Waals surface area (Å²) in [4.78, 5) is 36.4. The summed E-state index contributed by atoms with van der Waals surface area (Å²) in [6.07, 6.45) is 3.61. The molecule has 0 radical (unpaired) electrons. The molecule has 1 aromatic heterocycles. The second-order valence-electron chi connectivity index (χ2n) is 8.71.